The fraction of sp³-hybridized carbons (Fsp3) is 0.103. The third-order valence-electron chi connectivity index (χ3n) is 5.80. The minimum absolute atomic E-state index is 0.474. The standard InChI is InChI=1S/C29H25N3O2/c1-33-23-14-13-22(26(17-23)34-2)18-30-19-27-31-28-24(20-9-5-3-6-10-20)15-16-25(29(28)32-27)21-11-7-4-8-12-21/h3-17,19H,18H2,1-2H3,(H,31,32)/b30-19+. The number of aromatic amines is 1. The highest BCUT2D eigenvalue weighted by atomic mass is 16.5. The molecule has 168 valence electrons. The first-order valence-corrected chi connectivity index (χ1v) is 11.1. The maximum absolute atomic E-state index is 5.49. The van der Waals surface area contributed by atoms with E-state index in [9.17, 15) is 0 Å². The molecule has 5 heteroatoms. The average Bonchev–Trinajstić information content (AvgIpc) is 3.33. The van der Waals surface area contributed by atoms with Crippen molar-refractivity contribution in [2.24, 2.45) is 4.99 Å². The lowest BCUT2D eigenvalue weighted by Gasteiger charge is -2.08. The van der Waals surface area contributed by atoms with Crippen LogP contribution in [0.4, 0.5) is 0 Å². The van der Waals surface area contributed by atoms with Gasteiger partial charge in [-0.1, -0.05) is 72.8 Å². The summed E-state index contributed by atoms with van der Waals surface area (Å²) < 4.78 is 10.8. The van der Waals surface area contributed by atoms with Gasteiger partial charge in [-0.3, -0.25) is 4.99 Å². The van der Waals surface area contributed by atoms with Crippen molar-refractivity contribution in [1.82, 2.24) is 9.97 Å². The molecule has 1 aromatic heterocycles. The molecular formula is C29H25N3O2. The van der Waals surface area contributed by atoms with Gasteiger partial charge in [-0.25, -0.2) is 4.98 Å². The molecule has 0 spiro atoms. The Bertz CT molecular complexity index is 1360. The van der Waals surface area contributed by atoms with Crippen molar-refractivity contribution in [1.29, 1.82) is 0 Å². The van der Waals surface area contributed by atoms with Gasteiger partial charge in [-0.15, -0.1) is 0 Å². The number of aromatic nitrogens is 2. The zero-order chi connectivity index (χ0) is 23.3. The Kier molecular flexibility index (Phi) is 6.08. The molecule has 0 aliphatic heterocycles. The van der Waals surface area contributed by atoms with Crippen LogP contribution in [0.5, 0.6) is 11.5 Å². The average molecular weight is 448 g/mol. The lowest BCUT2D eigenvalue weighted by Crippen LogP contribution is -1.93. The Morgan fingerprint density at radius 3 is 2.15 bits per heavy atom. The van der Waals surface area contributed by atoms with Crippen molar-refractivity contribution in [3.63, 3.8) is 0 Å². The van der Waals surface area contributed by atoms with E-state index < -0.39 is 0 Å². The minimum atomic E-state index is 0.474. The summed E-state index contributed by atoms with van der Waals surface area (Å²) in [6, 6.07) is 30.7. The van der Waals surface area contributed by atoms with Crippen molar-refractivity contribution >= 4 is 17.2 Å². The molecule has 5 nitrogen and oxygen atoms in total. The maximum atomic E-state index is 5.49. The van der Waals surface area contributed by atoms with Crippen molar-refractivity contribution in [3.05, 3.63) is 102 Å². The van der Waals surface area contributed by atoms with Crippen LogP contribution in [0.3, 0.4) is 0 Å². The van der Waals surface area contributed by atoms with Crippen molar-refractivity contribution in [2.75, 3.05) is 14.2 Å². The second kappa shape index (κ2) is 9.63. The van der Waals surface area contributed by atoms with Crippen LogP contribution in [0.25, 0.3) is 33.3 Å². The first kappa shape index (κ1) is 21.5. The third kappa shape index (κ3) is 4.28. The highest BCUT2D eigenvalue weighted by molar-refractivity contribution is 6.02. The second-order valence-electron chi connectivity index (χ2n) is 7.89. The molecule has 0 fully saturated rings. The fourth-order valence-electron chi connectivity index (χ4n) is 4.09. The lowest BCUT2D eigenvalue weighted by atomic mass is 9.98. The number of methoxy groups -OCH3 is 2. The van der Waals surface area contributed by atoms with Gasteiger partial charge in [0.15, 0.2) is 0 Å². The molecule has 0 aliphatic rings. The summed E-state index contributed by atoms with van der Waals surface area (Å²) in [5.74, 6) is 2.21. The number of hydrogen-bond acceptors (Lipinski definition) is 4. The molecule has 5 aromatic rings. The van der Waals surface area contributed by atoms with Gasteiger partial charge in [0.1, 0.15) is 17.3 Å². The number of hydrogen-bond donors (Lipinski definition) is 1. The molecule has 0 bridgehead atoms. The van der Waals surface area contributed by atoms with Crippen molar-refractivity contribution < 1.29 is 9.47 Å². The molecule has 0 unspecified atom stereocenters. The Labute approximate surface area is 198 Å². The summed E-state index contributed by atoms with van der Waals surface area (Å²) in [6.45, 7) is 0.474. The number of fused-ring (bicyclic) bond motifs is 1. The van der Waals surface area contributed by atoms with Gasteiger partial charge in [-0.2, -0.15) is 0 Å². The third-order valence-corrected chi connectivity index (χ3v) is 5.80. The van der Waals surface area contributed by atoms with E-state index in [0.717, 1.165) is 50.3 Å². The van der Waals surface area contributed by atoms with Gasteiger partial charge < -0.3 is 14.5 Å². The van der Waals surface area contributed by atoms with Crippen LogP contribution in [0, 0.1) is 0 Å². The molecule has 0 aliphatic carbocycles. The van der Waals surface area contributed by atoms with E-state index in [-0.39, 0.29) is 0 Å². The van der Waals surface area contributed by atoms with E-state index in [0.29, 0.717) is 12.4 Å². The number of ether oxygens (including phenoxy) is 2. The first-order chi connectivity index (χ1) is 16.8. The van der Waals surface area contributed by atoms with Crippen molar-refractivity contribution in [3.8, 4) is 33.8 Å². The van der Waals surface area contributed by atoms with Gasteiger partial charge in [0.2, 0.25) is 0 Å². The molecule has 34 heavy (non-hydrogen) atoms. The first-order valence-electron chi connectivity index (χ1n) is 11.1. The quantitative estimate of drug-likeness (QED) is 0.288. The van der Waals surface area contributed by atoms with Gasteiger partial charge in [0.05, 0.1) is 38.0 Å². The number of nitrogens with one attached hydrogen (secondary N) is 1. The van der Waals surface area contributed by atoms with E-state index in [4.69, 9.17) is 14.5 Å². The molecule has 4 aromatic carbocycles. The van der Waals surface area contributed by atoms with Crippen LogP contribution >= 0.6 is 0 Å². The summed E-state index contributed by atoms with van der Waals surface area (Å²) in [7, 11) is 3.29. The van der Waals surface area contributed by atoms with Gasteiger partial charge >= 0.3 is 0 Å². The largest absolute Gasteiger partial charge is 0.497 e. The van der Waals surface area contributed by atoms with Gasteiger partial charge in [0, 0.05) is 22.8 Å². The molecule has 0 saturated carbocycles. The Morgan fingerprint density at radius 2 is 1.47 bits per heavy atom. The topological polar surface area (TPSA) is 59.5 Å². The van der Waals surface area contributed by atoms with E-state index in [1.807, 2.05) is 54.6 Å². The Balaban J connectivity index is 1.53. The maximum Gasteiger partial charge on any atom is 0.149 e. The van der Waals surface area contributed by atoms with Crippen LogP contribution in [0.15, 0.2) is 96.0 Å². The summed E-state index contributed by atoms with van der Waals surface area (Å²) in [5.41, 5.74) is 7.37. The van der Waals surface area contributed by atoms with Crippen LogP contribution in [0.1, 0.15) is 11.4 Å². The predicted octanol–water partition coefficient (Wildman–Crippen LogP) is 6.53. The zero-order valence-electron chi connectivity index (χ0n) is 19.2. The molecule has 1 N–H and O–H groups in total. The van der Waals surface area contributed by atoms with E-state index in [2.05, 4.69) is 46.4 Å². The monoisotopic (exact) mass is 447 g/mol. The van der Waals surface area contributed by atoms with Crippen LogP contribution in [0.2, 0.25) is 0 Å². The van der Waals surface area contributed by atoms with E-state index >= 15 is 0 Å². The van der Waals surface area contributed by atoms with Crippen LogP contribution < -0.4 is 9.47 Å². The van der Waals surface area contributed by atoms with Crippen LogP contribution in [-0.2, 0) is 6.54 Å². The van der Waals surface area contributed by atoms with Gasteiger partial charge in [0.25, 0.3) is 0 Å². The van der Waals surface area contributed by atoms with Gasteiger partial charge in [-0.05, 0) is 23.3 Å². The predicted molar refractivity (Wildman–Crippen MR) is 138 cm³/mol. The molecule has 1 heterocycles. The molecule has 5 rings (SSSR count). The highest BCUT2D eigenvalue weighted by Crippen LogP contribution is 2.34. The Hall–Kier alpha value is -4.38. The SMILES string of the molecule is COc1ccc(C/N=C/c2nc3c(-c4ccccc4)ccc(-c4ccccc4)c3[nH]2)c(OC)c1. The summed E-state index contributed by atoms with van der Waals surface area (Å²) in [4.78, 5) is 13.1. The Morgan fingerprint density at radius 1 is 0.794 bits per heavy atom. The van der Waals surface area contributed by atoms with E-state index in [1.165, 1.54) is 0 Å². The number of aliphatic imine (C=N–C) groups is 1. The van der Waals surface area contributed by atoms with E-state index in [1.54, 1.807) is 20.4 Å². The van der Waals surface area contributed by atoms with Crippen molar-refractivity contribution in [2.45, 2.75) is 6.54 Å². The minimum Gasteiger partial charge on any atom is -0.497 e. The molecule has 0 atom stereocenters. The lowest BCUT2D eigenvalue weighted by molar-refractivity contribution is 0.391. The molecular weight excluding hydrogens is 422 g/mol. The molecule has 0 radical (unpaired) electrons. The molecule has 0 saturated heterocycles. The molecule has 0 amide bonds. The summed E-state index contributed by atoms with van der Waals surface area (Å²) in [5, 5.41) is 0. The number of H-pyrrole nitrogens is 1. The number of imidazole rings is 1. The highest BCUT2D eigenvalue weighted by Gasteiger charge is 2.14. The summed E-state index contributed by atoms with van der Waals surface area (Å²) >= 11 is 0. The normalized spacial score (nSPS) is 11.2. The fourth-order valence-corrected chi connectivity index (χ4v) is 4.09. The zero-order valence-corrected chi connectivity index (χ0v) is 19.2. The summed E-state index contributed by atoms with van der Waals surface area (Å²) in [6.07, 6.45) is 1.78. The number of rotatable bonds is 7. The van der Waals surface area contributed by atoms with Crippen LogP contribution in [-0.4, -0.2) is 30.4 Å². The second-order valence-corrected chi connectivity index (χ2v) is 7.89. The smallest absolute Gasteiger partial charge is 0.149 e. The number of benzene rings is 4. The number of nitrogens with zero attached hydrogens (tertiary/aromatic N) is 2.